The minimum atomic E-state index is 0.474. The predicted octanol–water partition coefficient (Wildman–Crippen LogP) is 1.96. The van der Waals surface area contributed by atoms with Gasteiger partial charge in [0.15, 0.2) is 0 Å². The second kappa shape index (κ2) is 6.16. The van der Waals surface area contributed by atoms with Crippen LogP contribution in [0.1, 0.15) is 29.8 Å². The second-order valence-electron chi connectivity index (χ2n) is 4.90. The molecule has 2 rings (SSSR count). The molecule has 1 saturated heterocycles. The van der Waals surface area contributed by atoms with E-state index in [4.69, 9.17) is 15.2 Å². The minimum Gasteiger partial charge on any atom is -0.493 e. The van der Waals surface area contributed by atoms with Gasteiger partial charge in [-0.3, -0.25) is 4.98 Å². The van der Waals surface area contributed by atoms with Gasteiger partial charge in [-0.1, -0.05) is 0 Å². The summed E-state index contributed by atoms with van der Waals surface area (Å²) >= 11 is 0. The molecule has 4 nitrogen and oxygen atoms in total. The van der Waals surface area contributed by atoms with Crippen LogP contribution in [0.3, 0.4) is 0 Å². The Labute approximate surface area is 108 Å². The molecule has 1 aromatic rings. The van der Waals surface area contributed by atoms with Gasteiger partial charge in [-0.2, -0.15) is 0 Å². The molecule has 1 aliphatic heterocycles. The van der Waals surface area contributed by atoms with Gasteiger partial charge in [-0.25, -0.2) is 0 Å². The lowest BCUT2D eigenvalue weighted by Gasteiger charge is -2.23. The Morgan fingerprint density at radius 3 is 2.78 bits per heavy atom. The van der Waals surface area contributed by atoms with Gasteiger partial charge in [0, 0.05) is 42.8 Å². The lowest BCUT2D eigenvalue weighted by Crippen LogP contribution is -2.22. The van der Waals surface area contributed by atoms with Crippen LogP contribution in [0.15, 0.2) is 6.07 Å². The zero-order valence-electron chi connectivity index (χ0n) is 11.2. The first-order valence-electron chi connectivity index (χ1n) is 6.58. The van der Waals surface area contributed by atoms with Crippen LogP contribution in [0.5, 0.6) is 5.75 Å². The molecule has 0 radical (unpaired) electrons. The van der Waals surface area contributed by atoms with Crippen molar-refractivity contribution in [3.63, 3.8) is 0 Å². The number of nitrogens with zero attached hydrogens (tertiary/aromatic N) is 1. The summed E-state index contributed by atoms with van der Waals surface area (Å²) in [7, 11) is 0. The highest BCUT2D eigenvalue weighted by Gasteiger charge is 2.16. The Morgan fingerprint density at radius 1 is 1.39 bits per heavy atom. The molecule has 1 fully saturated rings. The molecule has 0 spiro atoms. The zero-order valence-corrected chi connectivity index (χ0v) is 11.2. The molecule has 0 aromatic carbocycles. The van der Waals surface area contributed by atoms with Crippen molar-refractivity contribution in [2.24, 2.45) is 11.7 Å². The van der Waals surface area contributed by atoms with Crippen LogP contribution in [-0.4, -0.2) is 24.8 Å². The van der Waals surface area contributed by atoms with Gasteiger partial charge in [0.2, 0.25) is 0 Å². The maximum absolute atomic E-state index is 5.95. The molecule has 2 heterocycles. The van der Waals surface area contributed by atoms with E-state index in [0.29, 0.717) is 12.5 Å². The van der Waals surface area contributed by atoms with Crippen LogP contribution in [0.2, 0.25) is 0 Å². The van der Waals surface area contributed by atoms with Crippen molar-refractivity contribution in [1.82, 2.24) is 4.98 Å². The van der Waals surface area contributed by atoms with E-state index >= 15 is 0 Å². The fraction of sp³-hybridized carbons (Fsp3) is 0.643. The van der Waals surface area contributed by atoms with Crippen LogP contribution >= 0.6 is 0 Å². The van der Waals surface area contributed by atoms with Gasteiger partial charge in [0.25, 0.3) is 0 Å². The van der Waals surface area contributed by atoms with Crippen molar-refractivity contribution in [3.8, 4) is 5.75 Å². The number of hydrogen-bond acceptors (Lipinski definition) is 4. The van der Waals surface area contributed by atoms with E-state index in [0.717, 1.165) is 55.4 Å². The first kappa shape index (κ1) is 13.3. The molecule has 0 aliphatic carbocycles. The molecular formula is C14H22N2O2. The number of aromatic nitrogens is 1. The lowest BCUT2D eigenvalue weighted by molar-refractivity contribution is 0.0496. The predicted molar refractivity (Wildman–Crippen MR) is 70.6 cm³/mol. The fourth-order valence-corrected chi connectivity index (χ4v) is 2.32. The van der Waals surface area contributed by atoms with Crippen LogP contribution in [-0.2, 0) is 11.3 Å². The normalized spacial score (nSPS) is 16.8. The smallest absolute Gasteiger partial charge is 0.127 e. The molecule has 0 saturated carbocycles. The zero-order chi connectivity index (χ0) is 13.0. The van der Waals surface area contributed by atoms with E-state index in [2.05, 4.69) is 4.98 Å². The molecule has 18 heavy (non-hydrogen) atoms. The summed E-state index contributed by atoms with van der Waals surface area (Å²) in [5.41, 5.74) is 8.74. The number of pyridine rings is 1. The van der Waals surface area contributed by atoms with Crippen LogP contribution in [0.25, 0.3) is 0 Å². The van der Waals surface area contributed by atoms with E-state index in [1.54, 1.807) is 0 Å². The summed E-state index contributed by atoms with van der Waals surface area (Å²) in [5.74, 6) is 1.49. The van der Waals surface area contributed by atoms with Gasteiger partial charge in [0.1, 0.15) is 5.75 Å². The maximum Gasteiger partial charge on any atom is 0.127 e. The summed E-state index contributed by atoms with van der Waals surface area (Å²) in [6, 6.07) is 1.98. The Bertz CT molecular complexity index is 401. The summed E-state index contributed by atoms with van der Waals surface area (Å²) in [4.78, 5) is 4.42. The molecule has 0 bridgehead atoms. The van der Waals surface area contributed by atoms with Gasteiger partial charge in [0.05, 0.1) is 6.61 Å². The molecule has 0 atom stereocenters. The molecule has 2 N–H and O–H groups in total. The van der Waals surface area contributed by atoms with E-state index in [1.165, 1.54) is 0 Å². The molecule has 0 amide bonds. The Balaban J connectivity index is 2.03. The van der Waals surface area contributed by atoms with Crippen LogP contribution < -0.4 is 10.5 Å². The number of rotatable bonds is 4. The second-order valence-corrected chi connectivity index (χ2v) is 4.90. The quantitative estimate of drug-likeness (QED) is 0.887. The fourth-order valence-electron chi connectivity index (χ4n) is 2.32. The van der Waals surface area contributed by atoms with Crippen molar-refractivity contribution >= 4 is 0 Å². The highest BCUT2D eigenvalue weighted by atomic mass is 16.5. The molecule has 4 heteroatoms. The third-order valence-electron chi connectivity index (χ3n) is 3.44. The van der Waals surface area contributed by atoms with Crippen molar-refractivity contribution in [2.75, 3.05) is 19.8 Å². The summed E-state index contributed by atoms with van der Waals surface area (Å²) in [5, 5.41) is 0. The average Bonchev–Trinajstić information content (AvgIpc) is 2.37. The highest BCUT2D eigenvalue weighted by molar-refractivity contribution is 5.37. The summed E-state index contributed by atoms with van der Waals surface area (Å²) < 4.78 is 11.3. The van der Waals surface area contributed by atoms with Crippen molar-refractivity contribution < 1.29 is 9.47 Å². The lowest BCUT2D eigenvalue weighted by atomic mass is 10.0. The number of aryl methyl sites for hydroxylation is 2. The average molecular weight is 250 g/mol. The number of hydrogen-bond donors (Lipinski definition) is 1. The minimum absolute atomic E-state index is 0.474. The van der Waals surface area contributed by atoms with E-state index < -0.39 is 0 Å². The molecular weight excluding hydrogens is 228 g/mol. The molecule has 0 unspecified atom stereocenters. The van der Waals surface area contributed by atoms with Gasteiger partial charge in [-0.15, -0.1) is 0 Å². The van der Waals surface area contributed by atoms with E-state index in [-0.39, 0.29) is 0 Å². The van der Waals surface area contributed by atoms with Crippen molar-refractivity contribution in [2.45, 2.75) is 33.2 Å². The number of nitrogens with two attached hydrogens (primary N) is 1. The highest BCUT2D eigenvalue weighted by Crippen LogP contribution is 2.24. The van der Waals surface area contributed by atoms with Gasteiger partial charge >= 0.3 is 0 Å². The van der Waals surface area contributed by atoms with E-state index in [9.17, 15) is 0 Å². The Kier molecular flexibility index (Phi) is 4.55. The Hall–Kier alpha value is -1.13. The first-order valence-corrected chi connectivity index (χ1v) is 6.58. The number of ether oxygens (including phenoxy) is 2. The van der Waals surface area contributed by atoms with Crippen molar-refractivity contribution in [3.05, 3.63) is 23.0 Å². The topological polar surface area (TPSA) is 57.4 Å². The molecule has 100 valence electrons. The third-order valence-corrected chi connectivity index (χ3v) is 3.44. The Morgan fingerprint density at radius 2 is 2.11 bits per heavy atom. The maximum atomic E-state index is 5.95. The summed E-state index contributed by atoms with van der Waals surface area (Å²) in [6.07, 6.45) is 2.17. The monoisotopic (exact) mass is 250 g/mol. The SMILES string of the molecule is Cc1cc(OCC2CCOCC2)c(CN)c(C)n1. The summed E-state index contributed by atoms with van der Waals surface area (Å²) in [6.45, 7) is 6.89. The van der Waals surface area contributed by atoms with E-state index in [1.807, 2.05) is 19.9 Å². The molecule has 1 aliphatic rings. The standard InChI is InChI=1S/C14H22N2O2/c1-10-7-14(13(8-15)11(2)16-10)18-9-12-3-5-17-6-4-12/h7,12H,3-6,8-9,15H2,1-2H3. The van der Waals surface area contributed by atoms with Gasteiger partial charge < -0.3 is 15.2 Å². The van der Waals surface area contributed by atoms with Gasteiger partial charge in [-0.05, 0) is 32.6 Å². The van der Waals surface area contributed by atoms with Crippen LogP contribution in [0.4, 0.5) is 0 Å². The van der Waals surface area contributed by atoms with Crippen LogP contribution in [0, 0.1) is 19.8 Å². The van der Waals surface area contributed by atoms with Crippen molar-refractivity contribution in [1.29, 1.82) is 0 Å². The molecule has 1 aromatic heterocycles. The third kappa shape index (κ3) is 3.21. The largest absolute Gasteiger partial charge is 0.493 e. The first-order chi connectivity index (χ1) is 8.70.